The number of fused-ring (bicyclic) bond motifs is 1. The van der Waals surface area contributed by atoms with Gasteiger partial charge in [-0.1, -0.05) is 35.5 Å². The van der Waals surface area contributed by atoms with Crippen LogP contribution in [-0.4, -0.2) is 97.1 Å². The van der Waals surface area contributed by atoms with Crippen LogP contribution in [0.3, 0.4) is 0 Å². The first-order chi connectivity index (χ1) is 25.7. The number of hydrogen-bond donors (Lipinski definition) is 0. The summed E-state index contributed by atoms with van der Waals surface area (Å²) in [5.41, 5.74) is 2.27. The Bertz CT molecular complexity index is 1830. The van der Waals surface area contributed by atoms with E-state index in [1.54, 1.807) is 6.92 Å². The first kappa shape index (κ1) is 37.6. The topological polar surface area (TPSA) is 105 Å². The molecule has 0 aromatic carbocycles. The summed E-state index contributed by atoms with van der Waals surface area (Å²) in [6.07, 6.45) is 13.6. The van der Waals surface area contributed by atoms with Gasteiger partial charge in [-0.15, -0.1) is 0 Å². The zero-order valence-electron chi connectivity index (χ0n) is 33.6. The molecule has 0 aromatic heterocycles. The largest absolute Gasteiger partial charge is 0.486 e. The minimum absolute atomic E-state index is 0.0551. The number of hydrogen-bond acceptors (Lipinski definition) is 10. The Morgan fingerprint density at radius 2 is 1.78 bits per heavy atom. The third-order valence-electron chi connectivity index (χ3n) is 13.5. The van der Waals surface area contributed by atoms with Crippen molar-refractivity contribution in [1.29, 1.82) is 0 Å². The molecule has 10 nitrogen and oxygen atoms in total. The van der Waals surface area contributed by atoms with E-state index in [2.05, 4.69) is 77.7 Å². The van der Waals surface area contributed by atoms with Gasteiger partial charge in [0, 0.05) is 59.8 Å². The van der Waals surface area contributed by atoms with Crippen molar-refractivity contribution in [3.05, 3.63) is 69.8 Å². The second-order valence-corrected chi connectivity index (χ2v) is 17.8. The van der Waals surface area contributed by atoms with Gasteiger partial charge in [0.1, 0.15) is 30.0 Å². The van der Waals surface area contributed by atoms with Gasteiger partial charge in [-0.3, -0.25) is 14.7 Å². The number of allylic oxidation sites excluding steroid dienone is 5. The Hall–Kier alpha value is -3.31. The smallest absolute Gasteiger partial charge is 0.333 e. The summed E-state index contributed by atoms with van der Waals surface area (Å²) >= 11 is 0. The average molecular weight is 743 g/mol. The van der Waals surface area contributed by atoms with Crippen LogP contribution in [0.4, 0.5) is 0 Å². The highest BCUT2D eigenvalue weighted by molar-refractivity contribution is 6.03. The molecule has 54 heavy (non-hydrogen) atoms. The number of esters is 1. The number of Topliss-reactive ketones (excluding diaryl/α,β-unsaturated/α-hetero) is 1. The van der Waals surface area contributed by atoms with Crippen LogP contribution in [0.25, 0.3) is 0 Å². The van der Waals surface area contributed by atoms with Crippen LogP contribution in [0, 0.1) is 23.7 Å². The quantitative estimate of drug-likeness (QED) is 0.145. The minimum Gasteiger partial charge on any atom is -0.486 e. The van der Waals surface area contributed by atoms with E-state index in [9.17, 15) is 4.79 Å². The van der Waals surface area contributed by atoms with Crippen molar-refractivity contribution in [3.8, 4) is 0 Å². The van der Waals surface area contributed by atoms with Gasteiger partial charge in [-0.2, -0.15) is 0 Å². The predicted octanol–water partition coefficient (Wildman–Crippen LogP) is 6.73. The molecule has 9 unspecified atom stereocenters. The van der Waals surface area contributed by atoms with Crippen molar-refractivity contribution in [1.82, 2.24) is 4.90 Å². The van der Waals surface area contributed by atoms with Gasteiger partial charge in [0.05, 0.1) is 37.8 Å². The third-order valence-corrected chi connectivity index (χ3v) is 13.5. The number of nitrogens with zero attached hydrogens (tertiary/aromatic N) is 2. The Morgan fingerprint density at radius 3 is 2.48 bits per heavy atom. The van der Waals surface area contributed by atoms with Gasteiger partial charge >= 0.3 is 5.97 Å². The molecule has 4 aliphatic carbocycles. The van der Waals surface area contributed by atoms with E-state index in [0.29, 0.717) is 31.6 Å². The van der Waals surface area contributed by atoms with E-state index >= 15 is 4.79 Å². The predicted molar refractivity (Wildman–Crippen MR) is 204 cm³/mol. The van der Waals surface area contributed by atoms with Crippen LogP contribution in [-0.2, 0) is 38.0 Å². The maximum absolute atomic E-state index is 15.5. The summed E-state index contributed by atoms with van der Waals surface area (Å²) in [6, 6.07) is -0.138. The number of ether oxygens (including phenoxy) is 6. The zero-order chi connectivity index (χ0) is 38.4. The maximum atomic E-state index is 15.5. The lowest BCUT2D eigenvalue weighted by atomic mass is 9.43. The Labute approximate surface area is 320 Å². The van der Waals surface area contributed by atoms with E-state index in [1.165, 1.54) is 18.3 Å². The van der Waals surface area contributed by atoms with Crippen LogP contribution in [0.2, 0.25) is 0 Å². The highest BCUT2D eigenvalue weighted by Crippen LogP contribution is 2.72. The lowest BCUT2D eigenvalue weighted by molar-refractivity contribution is -0.236. The van der Waals surface area contributed by atoms with Gasteiger partial charge in [0.15, 0.2) is 17.0 Å². The van der Waals surface area contributed by atoms with Crippen LogP contribution < -0.4 is 0 Å². The van der Waals surface area contributed by atoms with Crippen molar-refractivity contribution in [2.75, 3.05) is 40.1 Å². The van der Waals surface area contributed by atoms with Crippen LogP contribution in [0.1, 0.15) is 87.5 Å². The zero-order valence-corrected chi connectivity index (χ0v) is 33.6. The maximum Gasteiger partial charge on any atom is 0.333 e. The van der Waals surface area contributed by atoms with Gasteiger partial charge in [-0.25, -0.2) is 4.79 Å². The highest BCUT2D eigenvalue weighted by Gasteiger charge is 2.86. The molecule has 3 saturated heterocycles. The fraction of sp³-hybridized carbons (Fsp3) is 0.659. The van der Waals surface area contributed by atoms with Crippen LogP contribution in [0.5, 0.6) is 0 Å². The average Bonchev–Trinajstić information content (AvgIpc) is 3.29. The fourth-order valence-electron chi connectivity index (χ4n) is 11.2. The Balaban J connectivity index is 1.35. The standard InChI is InChI=1S/C44H58N2O8/c1-25(2)11-10-16-42(8)17-15-29-36(52-42)28(13-12-26(3)4)38-32-34(45-24-51-37(29)32)33-35(46-19-21-50-22-20-46)30-23-31-41(6,7)54-43(39(30)47,44(31,33)53-38)18-14-27(5)40(48)49-9/h11-12,14-15,17,30-33,35,37H,10,13,16,18-24H2,1-9H3. The van der Waals surface area contributed by atoms with Gasteiger partial charge in [-0.05, 0) is 87.1 Å². The van der Waals surface area contributed by atoms with Gasteiger partial charge < -0.3 is 28.4 Å². The molecule has 0 amide bonds. The first-order valence-electron chi connectivity index (χ1n) is 20.0. The highest BCUT2D eigenvalue weighted by atomic mass is 16.6. The molecular weight excluding hydrogens is 684 g/mol. The fourth-order valence-corrected chi connectivity index (χ4v) is 11.2. The summed E-state index contributed by atoms with van der Waals surface area (Å²) in [5, 5.41) is 0. The summed E-state index contributed by atoms with van der Waals surface area (Å²) in [6.45, 7) is 19.5. The van der Waals surface area contributed by atoms with Crippen molar-refractivity contribution in [2.24, 2.45) is 28.7 Å². The van der Waals surface area contributed by atoms with Gasteiger partial charge in [0.2, 0.25) is 0 Å². The second kappa shape index (κ2) is 13.4. The van der Waals surface area contributed by atoms with E-state index < -0.39 is 28.4 Å². The van der Waals surface area contributed by atoms with Crippen molar-refractivity contribution in [2.45, 2.75) is 122 Å². The third kappa shape index (κ3) is 5.52. The molecule has 10 heteroatoms. The van der Waals surface area contributed by atoms with Crippen molar-refractivity contribution >= 4 is 17.5 Å². The Kier molecular flexibility index (Phi) is 9.35. The monoisotopic (exact) mass is 742 g/mol. The molecule has 5 aliphatic heterocycles. The van der Waals surface area contributed by atoms with E-state index in [0.717, 1.165) is 54.3 Å². The van der Waals surface area contributed by atoms with E-state index in [1.807, 2.05) is 6.08 Å². The van der Waals surface area contributed by atoms with Gasteiger partial charge in [0.25, 0.3) is 0 Å². The first-order valence-corrected chi connectivity index (χ1v) is 20.0. The minimum atomic E-state index is -1.36. The molecule has 1 spiro atoms. The molecule has 0 radical (unpaired) electrons. The summed E-state index contributed by atoms with van der Waals surface area (Å²) in [5.74, 6) is 0.276. The lowest BCUT2D eigenvalue weighted by Crippen LogP contribution is -2.82. The van der Waals surface area contributed by atoms with E-state index in [4.69, 9.17) is 33.4 Å². The van der Waals surface area contributed by atoms with Crippen LogP contribution in [0.15, 0.2) is 74.8 Å². The summed E-state index contributed by atoms with van der Waals surface area (Å²) in [7, 11) is 1.38. The molecule has 0 aromatic rings. The van der Waals surface area contributed by atoms with Crippen molar-refractivity contribution in [3.63, 3.8) is 0 Å². The normalized spacial score (nSPS) is 38.8. The molecule has 9 rings (SSSR count). The van der Waals surface area contributed by atoms with E-state index in [-0.39, 0.29) is 54.8 Å². The van der Waals surface area contributed by atoms with Crippen molar-refractivity contribution < 1.29 is 38.0 Å². The van der Waals surface area contributed by atoms with Crippen LogP contribution >= 0.6 is 0 Å². The molecule has 6 fully saturated rings. The number of methoxy groups -OCH3 is 1. The second-order valence-electron chi connectivity index (χ2n) is 17.8. The number of ketones is 1. The Morgan fingerprint density at radius 1 is 1.04 bits per heavy atom. The lowest BCUT2D eigenvalue weighted by Gasteiger charge is -2.67. The number of aliphatic imine (C=N–C) groups is 1. The molecule has 9 aliphatic rings. The SMILES string of the molecule is COC(=O)C(C)=CCC12OC(C)(C)C3CC(C1=O)C(N1CCOCC1)C1C4=NCOC5C6=C(OC(C)(CCC=C(C)C)C=C6)C(CC=C(C)C)=C(OC132)C45. The molecule has 4 bridgehead atoms. The molecule has 292 valence electrons. The molecule has 0 N–H and O–H groups in total. The molecule has 5 heterocycles. The summed E-state index contributed by atoms with van der Waals surface area (Å²) in [4.78, 5) is 36.0. The molecular formula is C44H58N2O8. The molecule has 9 atom stereocenters. The number of morpholine rings is 1. The number of rotatable bonds is 9. The molecule has 3 saturated carbocycles. The number of carbonyl (C=O) groups is 2. The number of carbonyl (C=O) groups excluding carboxylic acids is 2. The summed E-state index contributed by atoms with van der Waals surface area (Å²) < 4.78 is 39.9.